The van der Waals surface area contributed by atoms with Crippen molar-refractivity contribution in [3.05, 3.63) is 45.8 Å². The van der Waals surface area contributed by atoms with Crippen LogP contribution in [-0.2, 0) is 11.3 Å². The SMILES string of the molecule is CNC(=O)COc1cc2cc(Nc3nc(N4CCC(I)CC4)ncc3Cl)ccc2n(CC(C)C)c1=O. The topological polar surface area (TPSA) is 101 Å². The third kappa shape index (κ3) is 6.20. The van der Waals surface area contributed by atoms with Crippen molar-refractivity contribution in [2.75, 3.05) is 37.0 Å². The van der Waals surface area contributed by atoms with E-state index in [1.54, 1.807) is 16.8 Å². The number of piperidine rings is 1. The van der Waals surface area contributed by atoms with Gasteiger partial charge in [0.25, 0.3) is 11.5 Å². The van der Waals surface area contributed by atoms with E-state index in [1.807, 2.05) is 32.0 Å². The molecule has 36 heavy (non-hydrogen) atoms. The van der Waals surface area contributed by atoms with Gasteiger partial charge in [0.05, 0.1) is 11.7 Å². The number of hydrogen-bond donors (Lipinski definition) is 2. The van der Waals surface area contributed by atoms with E-state index >= 15 is 0 Å². The van der Waals surface area contributed by atoms with Gasteiger partial charge in [-0.25, -0.2) is 4.98 Å². The molecule has 1 aliphatic heterocycles. The molecule has 0 bridgehead atoms. The number of anilines is 3. The van der Waals surface area contributed by atoms with Gasteiger partial charge < -0.3 is 24.8 Å². The molecule has 11 heteroatoms. The van der Waals surface area contributed by atoms with Crippen LogP contribution in [-0.4, -0.2) is 51.1 Å². The zero-order valence-corrected chi connectivity index (χ0v) is 23.5. The van der Waals surface area contributed by atoms with E-state index in [-0.39, 0.29) is 29.7 Å². The quantitative estimate of drug-likeness (QED) is 0.284. The van der Waals surface area contributed by atoms with Crippen LogP contribution in [0.4, 0.5) is 17.5 Å². The number of carbonyl (C=O) groups is 1. The number of carbonyl (C=O) groups excluding carboxylic acids is 1. The highest BCUT2D eigenvalue weighted by Crippen LogP contribution is 2.29. The Morgan fingerprint density at radius 3 is 2.72 bits per heavy atom. The number of nitrogens with zero attached hydrogens (tertiary/aromatic N) is 4. The average molecular weight is 625 g/mol. The second kappa shape index (κ2) is 11.6. The first-order valence-corrected chi connectivity index (χ1v) is 13.6. The fraction of sp³-hybridized carbons (Fsp3) is 0.440. The number of ether oxygens (including phenoxy) is 1. The molecule has 1 amide bonds. The van der Waals surface area contributed by atoms with Crippen LogP contribution in [0.5, 0.6) is 5.75 Å². The molecule has 0 saturated carbocycles. The molecule has 9 nitrogen and oxygen atoms in total. The van der Waals surface area contributed by atoms with Gasteiger partial charge in [0, 0.05) is 41.7 Å². The molecule has 2 aromatic heterocycles. The summed E-state index contributed by atoms with van der Waals surface area (Å²) in [6.45, 7) is 6.21. The van der Waals surface area contributed by atoms with Gasteiger partial charge in [-0.15, -0.1) is 0 Å². The van der Waals surface area contributed by atoms with Gasteiger partial charge >= 0.3 is 0 Å². The van der Waals surface area contributed by atoms with Crippen LogP contribution < -0.4 is 25.8 Å². The van der Waals surface area contributed by atoms with E-state index in [0.717, 1.165) is 42.5 Å². The summed E-state index contributed by atoms with van der Waals surface area (Å²) in [4.78, 5) is 36.1. The van der Waals surface area contributed by atoms with Crippen LogP contribution in [0.3, 0.4) is 0 Å². The molecule has 1 saturated heterocycles. The van der Waals surface area contributed by atoms with Crippen LogP contribution in [0.1, 0.15) is 26.7 Å². The van der Waals surface area contributed by atoms with E-state index in [9.17, 15) is 9.59 Å². The van der Waals surface area contributed by atoms with Crippen LogP contribution >= 0.6 is 34.2 Å². The molecule has 0 aliphatic carbocycles. The first-order chi connectivity index (χ1) is 17.2. The lowest BCUT2D eigenvalue weighted by Crippen LogP contribution is -2.35. The summed E-state index contributed by atoms with van der Waals surface area (Å²) in [5.74, 6) is 1.24. The number of fused-ring (bicyclic) bond motifs is 1. The van der Waals surface area contributed by atoms with Crippen LogP contribution in [0.2, 0.25) is 5.02 Å². The first-order valence-electron chi connectivity index (χ1n) is 11.9. The molecule has 0 spiro atoms. The Kier molecular flexibility index (Phi) is 8.55. The van der Waals surface area contributed by atoms with Crippen molar-refractivity contribution in [2.45, 2.75) is 37.2 Å². The Hall–Kier alpha value is -2.60. The Morgan fingerprint density at radius 1 is 1.28 bits per heavy atom. The average Bonchev–Trinajstić information content (AvgIpc) is 2.86. The molecule has 2 N–H and O–H groups in total. The standard InChI is InChI=1S/C25H30ClIN6O3/c1-15(2)13-33-20-5-4-18(10-16(20)11-21(24(33)35)36-14-22(34)28-3)30-23-19(26)12-29-25(31-23)32-8-6-17(27)7-9-32/h4-5,10-12,15,17H,6-9,13-14H2,1-3H3,(H,28,34)(H,29,30,31). The molecule has 192 valence electrons. The molecule has 1 aliphatic rings. The minimum Gasteiger partial charge on any atom is -0.478 e. The number of likely N-dealkylation sites (N-methyl/N-ethyl adjacent to an activating group) is 1. The number of halogens is 2. The predicted molar refractivity (Wildman–Crippen MR) is 152 cm³/mol. The number of benzene rings is 1. The lowest BCUT2D eigenvalue weighted by molar-refractivity contribution is -0.122. The highest BCUT2D eigenvalue weighted by molar-refractivity contribution is 14.1. The van der Waals surface area contributed by atoms with E-state index in [2.05, 4.69) is 48.1 Å². The Labute approximate surface area is 228 Å². The van der Waals surface area contributed by atoms with Crippen molar-refractivity contribution in [1.82, 2.24) is 19.9 Å². The molecule has 0 atom stereocenters. The van der Waals surface area contributed by atoms with Gasteiger partial charge in [0.15, 0.2) is 18.2 Å². The zero-order valence-electron chi connectivity index (χ0n) is 20.6. The molecule has 3 aromatic rings. The predicted octanol–water partition coefficient (Wildman–Crippen LogP) is 4.37. The lowest BCUT2D eigenvalue weighted by atomic mass is 10.1. The van der Waals surface area contributed by atoms with Crippen molar-refractivity contribution < 1.29 is 9.53 Å². The molecule has 0 radical (unpaired) electrons. The normalized spacial score (nSPS) is 14.3. The van der Waals surface area contributed by atoms with E-state index in [0.29, 0.717) is 27.3 Å². The molecular weight excluding hydrogens is 595 g/mol. The minimum atomic E-state index is -0.308. The lowest BCUT2D eigenvalue weighted by Gasteiger charge is -2.29. The second-order valence-corrected chi connectivity index (χ2v) is 11.4. The summed E-state index contributed by atoms with van der Waals surface area (Å²) in [5.41, 5.74) is 1.27. The molecule has 1 fully saturated rings. The van der Waals surface area contributed by atoms with Gasteiger partial charge in [-0.05, 0) is 43.0 Å². The van der Waals surface area contributed by atoms with E-state index in [1.165, 1.54) is 7.05 Å². The summed E-state index contributed by atoms with van der Waals surface area (Å²) in [6, 6.07) is 7.37. The smallest absolute Gasteiger partial charge is 0.293 e. The third-order valence-corrected chi connectivity index (χ3v) is 7.47. The highest BCUT2D eigenvalue weighted by atomic mass is 127. The number of nitrogens with one attached hydrogen (secondary N) is 2. The third-order valence-electron chi connectivity index (χ3n) is 5.95. The van der Waals surface area contributed by atoms with Gasteiger partial charge in [0.2, 0.25) is 5.95 Å². The van der Waals surface area contributed by atoms with Crippen LogP contribution in [0.25, 0.3) is 10.9 Å². The van der Waals surface area contributed by atoms with Gasteiger partial charge in [0.1, 0.15) is 5.02 Å². The summed E-state index contributed by atoms with van der Waals surface area (Å²) in [5, 5.41) is 7.01. The number of hydrogen-bond acceptors (Lipinski definition) is 7. The fourth-order valence-electron chi connectivity index (χ4n) is 4.09. The van der Waals surface area contributed by atoms with Crippen molar-refractivity contribution in [1.29, 1.82) is 0 Å². The number of amides is 1. The monoisotopic (exact) mass is 624 g/mol. The molecule has 1 aromatic carbocycles. The Balaban J connectivity index is 1.66. The van der Waals surface area contributed by atoms with Crippen molar-refractivity contribution in [2.24, 2.45) is 5.92 Å². The fourth-order valence-corrected chi connectivity index (χ4v) is 4.78. The Morgan fingerprint density at radius 2 is 2.03 bits per heavy atom. The first kappa shape index (κ1) is 26.5. The largest absolute Gasteiger partial charge is 0.478 e. The summed E-state index contributed by atoms with van der Waals surface area (Å²) >= 11 is 8.92. The number of rotatable bonds is 8. The summed E-state index contributed by atoms with van der Waals surface area (Å²) in [6.07, 6.45) is 3.82. The number of pyridine rings is 1. The highest BCUT2D eigenvalue weighted by Gasteiger charge is 2.20. The van der Waals surface area contributed by atoms with Gasteiger partial charge in [-0.2, -0.15) is 4.98 Å². The van der Waals surface area contributed by atoms with Crippen LogP contribution in [0, 0.1) is 5.92 Å². The number of alkyl halides is 1. The Bertz CT molecular complexity index is 1310. The maximum Gasteiger partial charge on any atom is 0.293 e. The van der Waals surface area contributed by atoms with Gasteiger partial charge in [-0.3, -0.25) is 9.59 Å². The number of aromatic nitrogens is 3. The van der Waals surface area contributed by atoms with E-state index < -0.39 is 0 Å². The molecule has 0 unspecified atom stereocenters. The van der Waals surface area contributed by atoms with Gasteiger partial charge in [-0.1, -0.05) is 48.0 Å². The maximum atomic E-state index is 13.1. The van der Waals surface area contributed by atoms with Crippen molar-refractivity contribution >= 4 is 68.5 Å². The molecule has 4 rings (SSSR count). The zero-order chi connectivity index (χ0) is 25.8. The summed E-state index contributed by atoms with van der Waals surface area (Å²) < 4.78 is 7.94. The van der Waals surface area contributed by atoms with Crippen molar-refractivity contribution in [3.63, 3.8) is 0 Å². The molecular formula is C25H30ClIN6O3. The van der Waals surface area contributed by atoms with Crippen LogP contribution in [0.15, 0.2) is 35.3 Å². The van der Waals surface area contributed by atoms with Crippen molar-refractivity contribution in [3.8, 4) is 5.75 Å². The minimum absolute atomic E-state index is 0.130. The van der Waals surface area contributed by atoms with E-state index in [4.69, 9.17) is 16.3 Å². The maximum absolute atomic E-state index is 13.1. The summed E-state index contributed by atoms with van der Waals surface area (Å²) in [7, 11) is 1.52. The second-order valence-electron chi connectivity index (χ2n) is 9.21. The molecule has 3 heterocycles.